The Morgan fingerprint density at radius 3 is 2.76 bits per heavy atom. The molecule has 3 saturated carbocycles. The first kappa shape index (κ1) is 21.4. The minimum absolute atomic E-state index is 0.0485. The number of fused-ring (bicyclic) bond motifs is 7. The van der Waals surface area contributed by atoms with Crippen LogP contribution in [-0.2, 0) is 17.8 Å². The molecule has 7 atom stereocenters. The zero-order chi connectivity index (χ0) is 22.8. The second kappa shape index (κ2) is 7.68. The Morgan fingerprint density at radius 1 is 1.09 bits per heavy atom. The summed E-state index contributed by atoms with van der Waals surface area (Å²) in [5, 5.41) is 3.08. The summed E-state index contributed by atoms with van der Waals surface area (Å²) < 4.78 is 16.5. The number of imidazole rings is 1. The van der Waals surface area contributed by atoms with Gasteiger partial charge in [0.05, 0.1) is 0 Å². The van der Waals surface area contributed by atoms with Crippen LogP contribution in [0.15, 0.2) is 36.7 Å². The number of carbonyl (C=O) groups excluding carboxylic acids is 1. The second-order valence-electron chi connectivity index (χ2n) is 11.7. The molecule has 0 radical (unpaired) electrons. The van der Waals surface area contributed by atoms with Crippen molar-refractivity contribution in [3.63, 3.8) is 0 Å². The van der Waals surface area contributed by atoms with Gasteiger partial charge in [0.15, 0.2) is 0 Å². The lowest BCUT2D eigenvalue weighted by Gasteiger charge is -2.60. The van der Waals surface area contributed by atoms with E-state index in [1.165, 1.54) is 37.6 Å². The highest BCUT2D eigenvalue weighted by molar-refractivity contribution is 5.80. The first-order chi connectivity index (χ1) is 15.9. The molecule has 3 aliphatic carbocycles. The SMILES string of the molecule is C[C@]12CC[C@H]3[C@@H](CCC4n5ccnc5CC[C@@]43C)[C@@H]1CC[C@@H]2C(=O)NCc1ccccc1F. The van der Waals surface area contributed by atoms with Gasteiger partial charge in [0, 0.05) is 42.9 Å². The third-order valence-corrected chi connectivity index (χ3v) is 10.5. The van der Waals surface area contributed by atoms with Crippen LogP contribution in [0.3, 0.4) is 0 Å². The van der Waals surface area contributed by atoms with E-state index >= 15 is 0 Å². The number of hydrogen-bond acceptors (Lipinski definition) is 2. The van der Waals surface area contributed by atoms with Crippen LogP contribution in [-0.4, -0.2) is 15.5 Å². The van der Waals surface area contributed by atoms with Crippen LogP contribution in [0.5, 0.6) is 0 Å². The van der Waals surface area contributed by atoms with Crippen molar-refractivity contribution in [2.24, 2.45) is 34.5 Å². The van der Waals surface area contributed by atoms with Crippen molar-refractivity contribution in [1.29, 1.82) is 0 Å². The molecule has 1 aliphatic heterocycles. The average Bonchev–Trinajstić information content (AvgIpc) is 3.42. The molecule has 1 aromatic heterocycles. The maximum Gasteiger partial charge on any atom is 0.223 e. The zero-order valence-corrected chi connectivity index (χ0v) is 19.9. The molecule has 6 rings (SSSR count). The molecule has 4 aliphatic rings. The predicted octanol–water partition coefficient (Wildman–Crippen LogP) is 5.68. The first-order valence-electron chi connectivity index (χ1n) is 12.9. The summed E-state index contributed by atoms with van der Waals surface area (Å²) in [6, 6.07) is 7.32. The fourth-order valence-electron chi connectivity index (χ4n) is 8.83. The molecule has 176 valence electrons. The zero-order valence-electron chi connectivity index (χ0n) is 19.9. The Hall–Kier alpha value is -2.17. The predicted molar refractivity (Wildman–Crippen MR) is 126 cm³/mol. The normalized spacial score (nSPS) is 39.2. The number of aryl methyl sites for hydroxylation is 1. The van der Waals surface area contributed by atoms with E-state index in [4.69, 9.17) is 0 Å². The van der Waals surface area contributed by atoms with Gasteiger partial charge in [0.25, 0.3) is 0 Å². The van der Waals surface area contributed by atoms with Gasteiger partial charge in [-0.25, -0.2) is 9.37 Å². The molecule has 33 heavy (non-hydrogen) atoms. The smallest absolute Gasteiger partial charge is 0.223 e. The highest BCUT2D eigenvalue weighted by Gasteiger charge is 2.61. The molecule has 2 heterocycles. The lowest BCUT2D eigenvalue weighted by molar-refractivity contribution is -0.135. The summed E-state index contributed by atoms with van der Waals surface area (Å²) in [6.45, 7) is 5.22. The molecule has 3 fully saturated rings. The fraction of sp³-hybridized carbons (Fsp3) is 0.643. The molecule has 0 bridgehead atoms. The number of hydrogen-bond donors (Lipinski definition) is 1. The van der Waals surface area contributed by atoms with Gasteiger partial charge >= 0.3 is 0 Å². The highest BCUT2D eigenvalue weighted by Crippen LogP contribution is 2.67. The number of nitrogens with one attached hydrogen (secondary N) is 1. The molecule has 1 amide bonds. The van der Waals surface area contributed by atoms with Crippen molar-refractivity contribution < 1.29 is 9.18 Å². The van der Waals surface area contributed by atoms with Crippen LogP contribution in [0, 0.1) is 40.3 Å². The minimum Gasteiger partial charge on any atom is -0.352 e. The molecule has 1 N–H and O–H groups in total. The van der Waals surface area contributed by atoms with Crippen LogP contribution in [0.2, 0.25) is 0 Å². The van der Waals surface area contributed by atoms with Crippen molar-refractivity contribution >= 4 is 5.91 Å². The van der Waals surface area contributed by atoms with E-state index in [9.17, 15) is 9.18 Å². The Bertz CT molecular complexity index is 1060. The number of aromatic nitrogens is 2. The minimum atomic E-state index is -0.243. The Balaban J connectivity index is 1.20. The van der Waals surface area contributed by atoms with E-state index in [-0.39, 0.29) is 29.6 Å². The van der Waals surface area contributed by atoms with Crippen molar-refractivity contribution in [2.45, 2.75) is 77.8 Å². The van der Waals surface area contributed by atoms with Crippen molar-refractivity contribution in [3.8, 4) is 0 Å². The van der Waals surface area contributed by atoms with E-state index in [1.807, 2.05) is 12.3 Å². The van der Waals surface area contributed by atoms with Gasteiger partial charge in [-0.3, -0.25) is 4.79 Å². The lowest BCUT2D eigenvalue weighted by Crippen LogP contribution is -2.54. The molecule has 4 nitrogen and oxygen atoms in total. The van der Waals surface area contributed by atoms with Crippen molar-refractivity contribution in [3.05, 3.63) is 53.9 Å². The van der Waals surface area contributed by atoms with Gasteiger partial charge in [-0.2, -0.15) is 0 Å². The summed E-state index contributed by atoms with van der Waals surface area (Å²) in [5.41, 5.74) is 0.971. The maximum absolute atomic E-state index is 14.0. The fourth-order valence-corrected chi connectivity index (χ4v) is 8.83. The quantitative estimate of drug-likeness (QED) is 0.655. The van der Waals surface area contributed by atoms with E-state index in [0.29, 0.717) is 22.9 Å². The van der Waals surface area contributed by atoms with E-state index in [0.717, 1.165) is 37.5 Å². The van der Waals surface area contributed by atoms with E-state index in [2.05, 4.69) is 34.9 Å². The van der Waals surface area contributed by atoms with Gasteiger partial charge in [-0.1, -0.05) is 32.0 Å². The molecule has 1 unspecified atom stereocenters. The number of nitrogens with zero attached hydrogens (tertiary/aromatic N) is 2. The summed E-state index contributed by atoms with van der Waals surface area (Å²) in [6.07, 6.45) is 13.5. The second-order valence-corrected chi connectivity index (χ2v) is 11.7. The summed E-state index contributed by atoms with van der Waals surface area (Å²) >= 11 is 0. The summed E-state index contributed by atoms with van der Waals surface area (Å²) in [7, 11) is 0. The van der Waals surface area contributed by atoms with Crippen LogP contribution >= 0.6 is 0 Å². The summed E-state index contributed by atoms with van der Waals surface area (Å²) in [4.78, 5) is 17.9. The van der Waals surface area contributed by atoms with Crippen LogP contribution in [0.4, 0.5) is 4.39 Å². The van der Waals surface area contributed by atoms with Crippen LogP contribution in [0.25, 0.3) is 0 Å². The highest BCUT2D eigenvalue weighted by atomic mass is 19.1. The number of benzene rings is 1. The summed E-state index contributed by atoms with van der Waals surface area (Å²) in [5.74, 6) is 3.29. The molecular formula is C28H36FN3O. The number of rotatable bonds is 3. The standard InChI is InChI=1S/C28H36FN3O/c1-27-13-11-21-19(7-10-24-28(21,2)14-12-25-30-15-16-32(24)25)20(27)8-9-22(27)26(33)31-17-18-5-3-4-6-23(18)29/h3-6,15-16,19-22,24H,7-14,17H2,1-2H3,(H,31,33)/t19-,20-,21-,22+,24?,27-,28+/m0/s1. The van der Waals surface area contributed by atoms with Crippen LogP contribution in [0.1, 0.15) is 76.2 Å². The third kappa shape index (κ3) is 3.14. The molecular weight excluding hydrogens is 413 g/mol. The number of halogens is 1. The topological polar surface area (TPSA) is 46.9 Å². The maximum atomic E-state index is 14.0. The lowest BCUT2D eigenvalue weighted by atomic mass is 9.47. The van der Waals surface area contributed by atoms with E-state index in [1.54, 1.807) is 12.1 Å². The van der Waals surface area contributed by atoms with E-state index < -0.39 is 0 Å². The molecule has 1 aromatic carbocycles. The molecule has 0 saturated heterocycles. The first-order valence-corrected chi connectivity index (χ1v) is 12.9. The Labute approximate surface area is 196 Å². The largest absolute Gasteiger partial charge is 0.352 e. The van der Waals surface area contributed by atoms with Gasteiger partial charge in [-0.15, -0.1) is 0 Å². The monoisotopic (exact) mass is 449 g/mol. The Kier molecular flexibility index (Phi) is 4.97. The average molecular weight is 450 g/mol. The number of carbonyl (C=O) groups is 1. The Morgan fingerprint density at radius 2 is 1.91 bits per heavy atom. The van der Waals surface area contributed by atoms with Gasteiger partial charge in [0.1, 0.15) is 11.6 Å². The van der Waals surface area contributed by atoms with Crippen LogP contribution < -0.4 is 5.32 Å². The molecule has 5 heteroatoms. The van der Waals surface area contributed by atoms with Crippen molar-refractivity contribution in [2.75, 3.05) is 0 Å². The van der Waals surface area contributed by atoms with Gasteiger partial charge < -0.3 is 9.88 Å². The van der Waals surface area contributed by atoms with Gasteiger partial charge in [0.2, 0.25) is 5.91 Å². The van der Waals surface area contributed by atoms with Crippen molar-refractivity contribution in [1.82, 2.24) is 14.9 Å². The molecule has 2 aromatic rings. The number of amides is 1. The third-order valence-electron chi connectivity index (χ3n) is 10.5. The molecule has 0 spiro atoms. The van der Waals surface area contributed by atoms with Gasteiger partial charge in [-0.05, 0) is 79.6 Å².